The second-order valence-electron chi connectivity index (χ2n) is 6.22. The molecule has 0 aromatic carbocycles. The Morgan fingerprint density at radius 3 is 2.62 bits per heavy atom. The number of nitrogens with zero attached hydrogens (tertiary/aromatic N) is 1. The van der Waals surface area contributed by atoms with E-state index < -0.39 is 6.04 Å². The molecular formula is C15H30N4O2. The second-order valence-corrected chi connectivity index (χ2v) is 6.22. The summed E-state index contributed by atoms with van der Waals surface area (Å²) in [5.41, 5.74) is 5.71. The number of amides is 2. The van der Waals surface area contributed by atoms with Crippen LogP contribution in [0.25, 0.3) is 0 Å². The molecule has 1 aliphatic rings. The largest absolute Gasteiger partial charge is 0.353 e. The van der Waals surface area contributed by atoms with Gasteiger partial charge in [0, 0.05) is 19.1 Å². The molecule has 21 heavy (non-hydrogen) atoms. The van der Waals surface area contributed by atoms with Crippen molar-refractivity contribution in [2.75, 3.05) is 26.2 Å². The lowest BCUT2D eigenvalue weighted by atomic mass is 10.0. The van der Waals surface area contributed by atoms with Gasteiger partial charge in [0.05, 0.1) is 12.6 Å². The van der Waals surface area contributed by atoms with Crippen LogP contribution in [-0.2, 0) is 9.59 Å². The highest BCUT2D eigenvalue weighted by molar-refractivity contribution is 5.87. The minimum absolute atomic E-state index is 0.00515. The van der Waals surface area contributed by atoms with Crippen molar-refractivity contribution in [3.05, 3.63) is 0 Å². The summed E-state index contributed by atoms with van der Waals surface area (Å²) < 4.78 is 0. The van der Waals surface area contributed by atoms with Crippen LogP contribution in [0.15, 0.2) is 0 Å². The average molecular weight is 298 g/mol. The van der Waals surface area contributed by atoms with E-state index in [1.807, 2.05) is 13.8 Å². The van der Waals surface area contributed by atoms with Crippen molar-refractivity contribution in [2.45, 2.75) is 52.1 Å². The van der Waals surface area contributed by atoms with E-state index in [1.54, 1.807) is 0 Å². The van der Waals surface area contributed by atoms with Gasteiger partial charge in [0.2, 0.25) is 11.8 Å². The predicted octanol–water partition coefficient (Wildman–Crippen LogP) is 0.0765. The molecule has 0 aromatic heterocycles. The van der Waals surface area contributed by atoms with Gasteiger partial charge in [0.1, 0.15) is 0 Å². The molecule has 0 radical (unpaired) electrons. The van der Waals surface area contributed by atoms with Gasteiger partial charge in [-0.1, -0.05) is 20.3 Å². The lowest BCUT2D eigenvalue weighted by Gasteiger charge is -2.33. The molecule has 4 N–H and O–H groups in total. The van der Waals surface area contributed by atoms with Crippen LogP contribution in [-0.4, -0.2) is 55.0 Å². The zero-order valence-electron chi connectivity index (χ0n) is 13.5. The highest BCUT2D eigenvalue weighted by atomic mass is 16.2. The van der Waals surface area contributed by atoms with Gasteiger partial charge in [-0.25, -0.2) is 0 Å². The number of carbonyl (C=O) groups is 2. The minimum atomic E-state index is -0.563. The molecule has 2 atom stereocenters. The molecule has 0 saturated carbocycles. The van der Waals surface area contributed by atoms with E-state index in [2.05, 4.69) is 22.5 Å². The minimum Gasteiger partial charge on any atom is -0.353 e. The molecule has 122 valence electrons. The Bertz CT molecular complexity index is 347. The number of piperidine rings is 1. The van der Waals surface area contributed by atoms with Crippen LogP contribution in [0.1, 0.15) is 40.0 Å². The highest BCUT2D eigenvalue weighted by Gasteiger charge is 2.19. The fraction of sp³-hybridized carbons (Fsp3) is 0.867. The number of hydrogen-bond donors (Lipinski definition) is 3. The zero-order valence-corrected chi connectivity index (χ0v) is 13.5. The second kappa shape index (κ2) is 9.00. The smallest absolute Gasteiger partial charge is 0.239 e. The van der Waals surface area contributed by atoms with Crippen LogP contribution in [0.3, 0.4) is 0 Å². The Labute approximate surface area is 127 Å². The van der Waals surface area contributed by atoms with Crippen LogP contribution in [0.5, 0.6) is 0 Å². The third kappa shape index (κ3) is 6.44. The molecule has 0 aromatic rings. The van der Waals surface area contributed by atoms with Crippen molar-refractivity contribution in [3.8, 4) is 0 Å². The molecule has 0 spiro atoms. The van der Waals surface area contributed by atoms with E-state index in [9.17, 15) is 9.59 Å². The Hall–Kier alpha value is -1.14. The van der Waals surface area contributed by atoms with Crippen molar-refractivity contribution in [3.63, 3.8) is 0 Å². The molecule has 6 heteroatoms. The maximum absolute atomic E-state index is 11.7. The van der Waals surface area contributed by atoms with E-state index in [4.69, 9.17) is 5.73 Å². The molecule has 6 nitrogen and oxygen atoms in total. The molecule has 2 amide bonds. The van der Waals surface area contributed by atoms with Gasteiger partial charge in [-0.05, 0) is 32.2 Å². The number of carbonyl (C=O) groups excluding carboxylic acids is 2. The number of rotatable bonds is 7. The van der Waals surface area contributed by atoms with Crippen LogP contribution >= 0.6 is 0 Å². The third-order valence-electron chi connectivity index (χ3n) is 4.11. The van der Waals surface area contributed by atoms with Crippen LogP contribution in [0.4, 0.5) is 0 Å². The number of likely N-dealkylation sites (tertiary alicyclic amines) is 1. The summed E-state index contributed by atoms with van der Waals surface area (Å²) >= 11 is 0. The van der Waals surface area contributed by atoms with E-state index >= 15 is 0 Å². The molecule has 1 aliphatic heterocycles. The van der Waals surface area contributed by atoms with Crippen molar-refractivity contribution in [1.82, 2.24) is 15.5 Å². The maximum Gasteiger partial charge on any atom is 0.239 e. The zero-order chi connectivity index (χ0) is 15.8. The summed E-state index contributed by atoms with van der Waals surface area (Å²) in [6.07, 6.45) is 3.77. The van der Waals surface area contributed by atoms with Gasteiger partial charge in [-0.3, -0.25) is 14.5 Å². The average Bonchev–Trinajstić information content (AvgIpc) is 2.45. The summed E-state index contributed by atoms with van der Waals surface area (Å²) in [7, 11) is 0. The van der Waals surface area contributed by atoms with Crippen LogP contribution < -0.4 is 16.4 Å². The molecular weight excluding hydrogens is 268 g/mol. The van der Waals surface area contributed by atoms with Crippen LogP contribution in [0, 0.1) is 5.92 Å². The summed E-state index contributed by atoms with van der Waals surface area (Å²) in [5, 5.41) is 5.41. The van der Waals surface area contributed by atoms with E-state index in [0.717, 1.165) is 13.1 Å². The number of hydrogen-bond acceptors (Lipinski definition) is 4. The predicted molar refractivity (Wildman–Crippen MR) is 83.7 cm³/mol. The number of nitrogens with one attached hydrogen (secondary N) is 2. The first-order valence-electron chi connectivity index (χ1n) is 7.96. The summed E-state index contributed by atoms with van der Waals surface area (Å²) in [4.78, 5) is 25.7. The van der Waals surface area contributed by atoms with Gasteiger partial charge in [-0.15, -0.1) is 0 Å². The first-order chi connectivity index (χ1) is 9.91. The molecule has 1 rings (SSSR count). The maximum atomic E-state index is 11.7. The van der Waals surface area contributed by atoms with Gasteiger partial charge >= 0.3 is 0 Å². The fourth-order valence-corrected chi connectivity index (χ4v) is 2.48. The third-order valence-corrected chi connectivity index (χ3v) is 4.11. The first kappa shape index (κ1) is 17.9. The van der Waals surface area contributed by atoms with E-state index in [-0.39, 0.29) is 24.3 Å². The molecule has 0 bridgehead atoms. The molecule has 0 aliphatic carbocycles. The molecule has 1 saturated heterocycles. The van der Waals surface area contributed by atoms with Crippen LogP contribution in [0.2, 0.25) is 0 Å². The quantitative estimate of drug-likeness (QED) is 0.621. The van der Waals surface area contributed by atoms with Gasteiger partial charge in [0.25, 0.3) is 0 Å². The lowest BCUT2D eigenvalue weighted by Crippen LogP contribution is -2.48. The molecule has 1 fully saturated rings. The summed E-state index contributed by atoms with van der Waals surface area (Å²) in [5.74, 6) is -0.373. The standard InChI is InChI=1S/C15H30N4O2/c1-11(2)14(16)15(21)18-10-13(20)17-7-9-19-8-5-4-6-12(19)3/h11-12,14H,4-10,16H2,1-3H3,(H,17,20)(H,18,21)/t12?,14-/m0/s1. The Balaban J connectivity index is 2.15. The topological polar surface area (TPSA) is 87.5 Å². The van der Waals surface area contributed by atoms with Gasteiger partial charge < -0.3 is 16.4 Å². The SMILES string of the molecule is CC(C)[C@H](N)C(=O)NCC(=O)NCCN1CCCCC1C. The van der Waals surface area contributed by atoms with E-state index in [0.29, 0.717) is 12.6 Å². The summed E-state index contributed by atoms with van der Waals surface area (Å²) in [6.45, 7) is 8.58. The molecule has 1 unspecified atom stereocenters. The highest BCUT2D eigenvalue weighted by Crippen LogP contribution is 2.15. The Kier molecular flexibility index (Phi) is 7.67. The van der Waals surface area contributed by atoms with E-state index in [1.165, 1.54) is 19.3 Å². The Morgan fingerprint density at radius 2 is 2.00 bits per heavy atom. The Morgan fingerprint density at radius 1 is 1.29 bits per heavy atom. The van der Waals surface area contributed by atoms with Gasteiger partial charge in [-0.2, -0.15) is 0 Å². The first-order valence-corrected chi connectivity index (χ1v) is 7.96. The summed E-state index contributed by atoms with van der Waals surface area (Å²) in [6, 6.07) is 0.0337. The van der Waals surface area contributed by atoms with Crippen molar-refractivity contribution in [1.29, 1.82) is 0 Å². The van der Waals surface area contributed by atoms with Gasteiger partial charge in [0.15, 0.2) is 0 Å². The van der Waals surface area contributed by atoms with Crippen molar-refractivity contribution < 1.29 is 9.59 Å². The molecule has 1 heterocycles. The number of nitrogens with two attached hydrogens (primary N) is 1. The van der Waals surface area contributed by atoms with Crippen molar-refractivity contribution >= 4 is 11.8 Å². The fourth-order valence-electron chi connectivity index (χ4n) is 2.48. The lowest BCUT2D eigenvalue weighted by molar-refractivity contribution is -0.127. The normalized spacial score (nSPS) is 21.1. The van der Waals surface area contributed by atoms with Crippen molar-refractivity contribution in [2.24, 2.45) is 11.7 Å². The monoisotopic (exact) mass is 298 g/mol.